The van der Waals surface area contributed by atoms with Gasteiger partial charge < -0.3 is 9.84 Å². The maximum absolute atomic E-state index is 12.6. The van der Waals surface area contributed by atoms with Crippen molar-refractivity contribution in [2.75, 3.05) is 6.54 Å². The lowest BCUT2D eigenvalue weighted by Crippen LogP contribution is -2.26. The van der Waals surface area contributed by atoms with Crippen molar-refractivity contribution in [1.29, 1.82) is 0 Å². The molecule has 0 aliphatic heterocycles. The number of nitrogens with zero attached hydrogens (tertiary/aromatic N) is 1. The normalized spacial score (nSPS) is 15.7. The number of rotatable bonds is 7. The molecule has 1 fully saturated rings. The second kappa shape index (κ2) is 7.51. The summed E-state index contributed by atoms with van der Waals surface area (Å²) >= 11 is 0. The summed E-state index contributed by atoms with van der Waals surface area (Å²) in [6.07, 6.45) is -1.24. The molecular formula is C19H21F3N2O2. The Bertz CT molecular complexity index is 749. The average molecular weight is 366 g/mol. The van der Waals surface area contributed by atoms with E-state index < -0.39 is 11.7 Å². The number of nitrogens with one attached hydrogen (secondary N) is 1. The number of amides is 1. The molecule has 1 heterocycles. The van der Waals surface area contributed by atoms with Crippen LogP contribution in [0.1, 0.15) is 60.6 Å². The van der Waals surface area contributed by atoms with Crippen LogP contribution >= 0.6 is 0 Å². The summed E-state index contributed by atoms with van der Waals surface area (Å²) in [6.45, 7) is 2.27. The van der Waals surface area contributed by atoms with E-state index in [9.17, 15) is 18.0 Å². The second-order valence-electron chi connectivity index (χ2n) is 6.82. The molecule has 1 saturated carbocycles. The van der Waals surface area contributed by atoms with Gasteiger partial charge in [-0.25, -0.2) is 0 Å². The van der Waals surface area contributed by atoms with E-state index in [1.54, 1.807) is 0 Å². The van der Waals surface area contributed by atoms with Gasteiger partial charge in [0.1, 0.15) is 5.76 Å². The quantitative estimate of drug-likeness (QED) is 0.789. The van der Waals surface area contributed by atoms with Crippen LogP contribution in [0.15, 0.2) is 34.9 Å². The van der Waals surface area contributed by atoms with Crippen LogP contribution in [0.2, 0.25) is 0 Å². The molecule has 3 rings (SSSR count). The van der Waals surface area contributed by atoms with E-state index in [2.05, 4.69) is 10.5 Å². The van der Waals surface area contributed by atoms with Gasteiger partial charge in [-0.15, -0.1) is 0 Å². The first-order valence-electron chi connectivity index (χ1n) is 8.72. The number of carbonyl (C=O) groups excluding carboxylic acids is 1. The van der Waals surface area contributed by atoms with Crippen molar-refractivity contribution >= 4 is 5.91 Å². The predicted octanol–water partition coefficient (Wildman–Crippen LogP) is 4.42. The molecule has 1 aromatic heterocycles. The zero-order chi connectivity index (χ0) is 18.7. The predicted molar refractivity (Wildman–Crippen MR) is 89.7 cm³/mol. The lowest BCUT2D eigenvalue weighted by Gasteiger charge is -2.13. The lowest BCUT2D eigenvalue weighted by atomic mass is 9.96. The fraction of sp³-hybridized carbons (Fsp3) is 0.474. The highest BCUT2D eigenvalue weighted by atomic mass is 19.4. The van der Waals surface area contributed by atoms with Crippen LogP contribution in [0.25, 0.3) is 0 Å². The Morgan fingerprint density at radius 3 is 2.62 bits per heavy atom. The Morgan fingerprint density at radius 2 is 2.00 bits per heavy atom. The van der Waals surface area contributed by atoms with Crippen molar-refractivity contribution in [3.8, 4) is 0 Å². The van der Waals surface area contributed by atoms with Crippen molar-refractivity contribution in [3.63, 3.8) is 0 Å². The summed E-state index contributed by atoms with van der Waals surface area (Å²) in [4.78, 5) is 12.0. The second-order valence-corrected chi connectivity index (χ2v) is 6.82. The van der Waals surface area contributed by atoms with Crippen LogP contribution in [-0.2, 0) is 17.4 Å². The van der Waals surface area contributed by atoms with Crippen molar-refractivity contribution < 1.29 is 22.5 Å². The van der Waals surface area contributed by atoms with Gasteiger partial charge in [-0.2, -0.15) is 13.2 Å². The van der Waals surface area contributed by atoms with Crippen LogP contribution in [0, 0.1) is 0 Å². The molecule has 1 aliphatic carbocycles. The van der Waals surface area contributed by atoms with E-state index in [0.29, 0.717) is 24.4 Å². The lowest BCUT2D eigenvalue weighted by molar-refractivity contribution is -0.137. The molecule has 0 unspecified atom stereocenters. The highest BCUT2D eigenvalue weighted by Gasteiger charge is 2.30. The van der Waals surface area contributed by atoms with E-state index in [1.807, 2.05) is 13.0 Å². The minimum atomic E-state index is -4.35. The molecule has 140 valence electrons. The van der Waals surface area contributed by atoms with Gasteiger partial charge in [-0.3, -0.25) is 4.79 Å². The SMILES string of the molecule is C[C@@H](CC(=O)NCCc1cc(C2CC2)on1)c1ccc(C(F)(F)F)cc1. The topological polar surface area (TPSA) is 55.1 Å². The highest BCUT2D eigenvalue weighted by molar-refractivity contribution is 5.76. The van der Waals surface area contributed by atoms with Crippen molar-refractivity contribution in [3.05, 3.63) is 52.9 Å². The number of alkyl halides is 3. The largest absolute Gasteiger partial charge is 0.416 e. The summed E-state index contributed by atoms with van der Waals surface area (Å²) in [7, 11) is 0. The summed E-state index contributed by atoms with van der Waals surface area (Å²) in [5, 5.41) is 6.81. The molecule has 0 spiro atoms. The van der Waals surface area contributed by atoms with Crippen LogP contribution in [0.5, 0.6) is 0 Å². The number of aromatic nitrogens is 1. The molecule has 0 saturated heterocycles. The van der Waals surface area contributed by atoms with Gasteiger partial charge in [-0.05, 0) is 36.5 Å². The molecule has 1 aromatic carbocycles. The molecule has 4 nitrogen and oxygen atoms in total. The first-order valence-corrected chi connectivity index (χ1v) is 8.72. The Morgan fingerprint density at radius 1 is 1.31 bits per heavy atom. The Balaban J connectivity index is 1.43. The van der Waals surface area contributed by atoms with Crippen LogP contribution in [-0.4, -0.2) is 17.6 Å². The third-order valence-corrected chi connectivity index (χ3v) is 4.56. The van der Waals surface area contributed by atoms with Crippen LogP contribution in [0.4, 0.5) is 13.2 Å². The number of hydrogen-bond acceptors (Lipinski definition) is 3. The van der Waals surface area contributed by atoms with Gasteiger partial charge in [0.15, 0.2) is 0 Å². The number of halogens is 3. The third-order valence-electron chi connectivity index (χ3n) is 4.56. The zero-order valence-electron chi connectivity index (χ0n) is 14.5. The molecule has 1 N–H and O–H groups in total. The smallest absolute Gasteiger partial charge is 0.361 e. The van der Waals surface area contributed by atoms with Crippen molar-refractivity contribution in [2.45, 2.75) is 50.6 Å². The van der Waals surface area contributed by atoms with Crippen molar-refractivity contribution in [2.24, 2.45) is 0 Å². The molecule has 7 heteroatoms. The summed E-state index contributed by atoms with van der Waals surface area (Å²) in [5.41, 5.74) is 0.845. The standard InChI is InChI=1S/C19H21F3N2O2/c1-12(13-4-6-15(7-5-13)19(20,21)22)10-18(25)23-9-8-16-11-17(26-24-16)14-2-3-14/h4-7,11-12,14H,2-3,8-10H2,1H3,(H,23,25)/t12-/m0/s1. The molecule has 2 aromatic rings. The van der Waals surface area contributed by atoms with Gasteiger partial charge in [0.2, 0.25) is 5.91 Å². The number of benzene rings is 1. The van der Waals surface area contributed by atoms with Crippen molar-refractivity contribution in [1.82, 2.24) is 10.5 Å². The summed E-state index contributed by atoms with van der Waals surface area (Å²) in [5.74, 6) is 1.13. The monoisotopic (exact) mass is 366 g/mol. The highest BCUT2D eigenvalue weighted by Crippen LogP contribution is 2.40. The fourth-order valence-corrected chi connectivity index (χ4v) is 2.81. The molecule has 1 atom stereocenters. The molecule has 1 aliphatic rings. The van der Waals surface area contributed by atoms with Gasteiger partial charge in [0.05, 0.1) is 11.3 Å². The summed E-state index contributed by atoms with van der Waals surface area (Å²) < 4.78 is 43.0. The molecule has 26 heavy (non-hydrogen) atoms. The minimum absolute atomic E-state index is 0.136. The first kappa shape index (κ1) is 18.5. The van der Waals surface area contributed by atoms with E-state index in [-0.39, 0.29) is 18.2 Å². The van der Waals surface area contributed by atoms with E-state index in [4.69, 9.17) is 4.52 Å². The zero-order valence-corrected chi connectivity index (χ0v) is 14.5. The maximum Gasteiger partial charge on any atom is 0.416 e. The number of hydrogen-bond donors (Lipinski definition) is 1. The molecule has 1 amide bonds. The van der Waals surface area contributed by atoms with Gasteiger partial charge in [0, 0.05) is 31.4 Å². The molecular weight excluding hydrogens is 345 g/mol. The minimum Gasteiger partial charge on any atom is -0.361 e. The van der Waals surface area contributed by atoms with Gasteiger partial charge in [-0.1, -0.05) is 24.2 Å². The fourth-order valence-electron chi connectivity index (χ4n) is 2.81. The van der Waals surface area contributed by atoms with E-state index in [0.717, 1.165) is 36.4 Å². The Hall–Kier alpha value is -2.31. The Kier molecular flexibility index (Phi) is 5.34. The molecule has 0 radical (unpaired) electrons. The van der Waals surface area contributed by atoms with E-state index >= 15 is 0 Å². The first-order chi connectivity index (χ1) is 12.3. The average Bonchev–Trinajstić information content (AvgIpc) is 3.33. The number of carbonyl (C=O) groups is 1. The molecule has 0 bridgehead atoms. The van der Waals surface area contributed by atoms with Crippen LogP contribution in [0.3, 0.4) is 0 Å². The third kappa shape index (κ3) is 4.86. The maximum atomic E-state index is 12.6. The van der Waals surface area contributed by atoms with E-state index in [1.165, 1.54) is 12.1 Å². The van der Waals surface area contributed by atoms with Gasteiger partial charge in [0.25, 0.3) is 0 Å². The van der Waals surface area contributed by atoms with Crippen LogP contribution < -0.4 is 5.32 Å². The van der Waals surface area contributed by atoms with Gasteiger partial charge >= 0.3 is 6.18 Å². The summed E-state index contributed by atoms with van der Waals surface area (Å²) in [6, 6.07) is 6.89. The Labute approximate surface area is 149 Å².